The quantitative estimate of drug-likeness (QED) is 0.504. The molecule has 0 radical (unpaired) electrons. The molecule has 1 amide bonds. The van der Waals surface area contributed by atoms with Gasteiger partial charge in [-0.15, -0.1) is 6.58 Å². The fourth-order valence-electron chi connectivity index (χ4n) is 1.99. The number of ether oxygens (including phenoxy) is 1. The van der Waals surface area contributed by atoms with Crippen LogP contribution in [-0.4, -0.2) is 39.5 Å². The number of amides is 1. The Morgan fingerprint density at radius 2 is 2.00 bits per heavy atom. The predicted molar refractivity (Wildman–Crippen MR) is 94.5 cm³/mol. The van der Waals surface area contributed by atoms with Gasteiger partial charge in [0.2, 0.25) is 10.0 Å². The number of carbonyl (C=O) groups is 2. The van der Waals surface area contributed by atoms with Gasteiger partial charge in [-0.2, -0.15) is 0 Å². The lowest BCUT2D eigenvalue weighted by Crippen LogP contribution is -2.36. The standard InChI is InChI=1S/C17H24N2O5S/c1-5-9-18-17(21)14(4)24-16(20)8-10-19-25(22,23)15-11-12(2)6-7-13(15)3/h5-7,11,14,19H,1,8-10H2,2-4H3,(H,18,21)/t14-/m0/s1. The van der Waals surface area contributed by atoms with E-state index >= 15 is 0 Å². The molecule has 1 aromatic rings. The molecule has 0 aliphatic carbocycles. The number of nitrogens with one attached hydrogen (secondary N) is 2. The third-order valence-corrected chi connectivity index (χ3v) is 4.96. The van der Waals surface area contributed by atoms with Gasteiger partial charge in [0.15, 0.2) is 6.10 Å². The number of benzene rings is 1. The molecule has 0 saturated carbocycles. The van der Waals surface area contributed by atoms with Crippen LogP contribution in [0.25, 0.3) is 0 Å². The van der Waals surface area contributed by atoms with Crippen LogP contribution in [0.3, 0.4) is 0 Å². The van der Waals surface area contributed by atoms with Crippen LogP contribution in [0.2, 0.25) is 0 Å². The van der Waals surface area contributed by atoms with Crippen LogP contribution in [0.15, 0.2) is 35.7 Å². The fourth-order valence-corrected chi connectivity index (χ4v) is 3.35. The predicted octanol–water partition coefficient (Wildman–Crippen LogP) is 1.21. The van der Waals surface area contributed by atoms with E-state index in [1.165, 1.54) is 13.0 Å². The van der Waals surface area contributed by atoms with Gasteiger partial charge in [0.25, 0.3) is 5.91 Å². The average molecular weight is 368 g/mol. The number of aryl methyl sites for hydroxylation is 2. The lowest BCUT2D eigenvalue weighted by molar-refractivity contribution is -0.154. The van der Waals surface area contributed by atoms with E-state index in [0.29, 0.717) is 5.56 Å². The van der Waals surface area contributed by atoms with Gasteiger partial charge in [0.1, 0.15) is 0 Å². The zero-order chi connectivity index (χ0) is 19.0. The first-order valence-electron chi connectivity index (χ1n) is 7.82. The van der Waals surface area contributed by atoms with Crippen molar-refractivity contribution in [2.24, 2.45) is 0 Å². The van der Waals surface area contributed by atoms with E-state index in [4.69, 9.17) is 4.74 Å². The molecule has 1 rings (SSSR count). The minimum atomic E-state index is -3.71. The van der Waals surface area contributed by atoms with Crippen molar-refractivity contribution in [2.45, 2.75) is 38.2 Å². The third-order valence-electron chi connectivity index (χ3n) is 3.35. The van der Waals surface area contributed by atoms with Gasteiger partial charge in [-0.05, 0) is 38.0 Å². The van der Waals surface area contributed by atoms with Gasteiger partial charge in [0.05, 0.1) is 11.3 Å². The topological polar surface area (TPSA) is 102 Å². The normalized spacial score (nSPS) is 12.3. The van der Waals surface area contributed by atoms with Crippen LogP contribution in [0.5, 0.6) is 0 Å². The van der Waals surface area contributed by atoms with Crippen LogP contribution < -0.4 is 10.0 Å². The summed E-state index contributed by atoms with van der Waals surface area (Å²) in [5, 5.41) is 2.51. The highest BCUT2D eigenvalue weighted by molar-refractivity contribution is 7.89. The zero-order valence-electron chi connectivity index (χ0n) is 14.7. The molecule has 0 fully saturated rings. The lowest BCUT2D eigenvalue weighted by atomic mass is 10.2. The van der Waals surface area contributed by atoms with E-state index < -0.39 is 28.0 Å². The van der Waals surface area contributed by atoms with Crippen molar-refractivity contribution in [1.29, 1.82) is 0 Å². The lowest BCUT2D eigenvalue weighted by Gasteiger charge is -2.13. The molecular weight excluding hydrogens is 344 g/mol. The molecule has 25 heavy (non-hydrogen) atoms. The van der Waals surface area contributed by atoms with E-state index in [1.54, 1.807) is 26.0 Å². The molecule has 0 spiro atoms. The summed E-state index contributed by atoms with van der Waals surface area (Å²) in [6.45, 7) is 8.57. The average Bonchev–Trinajstić information content (AvgIpc) is 2.54. The second-order valence-corrected chi connectivity index (χ2v) is 7.32. The first-order valence-corrected chi connectivity index (χ1v) is 9.30. The summed E-state index contributed by atoms with van der Waals surface area (Å²) < 4.78 is 31.9. The molecule has 0 aliphatic rings. The van der Waals surface area contributed by atoms with Crippen LogP contribution in [0, 0.1) is 13.8 Å². The Balaban J connectivity index is 2.53. The highest BCUT2D eigenvalue weighted by atomic mass is 32.2. The Morgan fingerprint density at radius 1 is 1.32 bits per heavy atom. The van der Waals surface area contributed by atoms with Crippen LogP contribution in [-0.2, 0) is 24.3 Å². The molecule has 0 saturated heterocycles. The number of sulfonamides is 1. The molecule has 7 nitrogen and oxygen atoms in total. The van der Waals surface area contributed by atoms with Gasteiger partial charge in [-0.25, -0.2) is 13.1 Å². The third kappa shape index (κ3) is 6.67. The molecule has 1 atom stereocenters. The number of esters is 1. The Kier molecular flexibility index (Phi) is 7.79. The Labute approximate surface area is 148 Å². The van der Waals surface area contributed by atoms with Crippen molar-refractivity contribution in [3.8, 4) is 0 Å². The summed E-state index contributed by atoms with van der Waals surface area (Å²) in [5.74, 6) is -1.10. The Hall–Kier alpha value is -2.19. The fraction of sp³-hybridized carbons (Fsp3) is 0.412. The van der Waals surface area contributed by atoms with Crippen LogP contribution in [0.4, 0.5) is 0 Å². The smallest absolute Gasteiger partial charge is 0.307 e. The molecule has 0 aromatic heterocycles. The first-order chi connectivity index (χ1) is 11.7. The van der Waals surface area contributed by atoms with Crippen molar-refractivity contribution in [3.63, 3.8) is 0 Å². The number of hydrogen-bond donors (Lipinski definition) is 2. The minimum Gasteiger partial charge on any atom is -0.453 e. The Bertz CT molecular complexity index is 743. The SMILES string of the molecule is C=CCNC(=O)[C@H](C)OC(=O)CCNS(=O)(=O)c1cc(C)ccc1C. The summed E-state index contributed by atoms with van der Waals surface area (Å²) in [6.07, 6.45) is 0.376. The van der Waals surface area contributed by atoms with E-state index in [0.717, 1.165) is 5.56 Å². The monoisotopic (exact) mass is 368 g/mol. The molecule has 0 unspecified atom stereocenters. The molecule has 0 bridgehead atoms. The number of rotatable bonds is 9. The van der Waals surface area contributed by atoms with Gasteiger partial charge in [0, 0.05) is 13.1 Å². The molecular formula is C17H24N2O5S. The second-order valence-electron chi connectivity index (χ2n) is 5.58. The molecule has 0 aliphatic heterocycles. The molecule has 2 N–H and O–H groups in total. The molecule has 8 heteroatoms. The highest BCUT2D eigenvalue weighted by Crippen LogP contribution is 2.16. The number of carbonyl (C=O) groups excluding carboxylic acids is 2. The largest absolute Gasteiger partial charge is 0.453 e. The van der Waals surface area contributed by atoms with Gasteiger partial charge >= 0.3 is 5.97 Å². The maximum absolute atomic E-state index is 12.3. The summed E-state index contributed by atoms with van der Waals surface area (Å²) in [6, 6.07) is 5.12. The summed E-state index contributed by atoms with van der Waals surface area (Å²) in [5.41, 5.74) is 1.44. The molecule has 0 heterocycles. The Morgan fingerprint density at radius 3 is 2.64 bits per heavy atom. The highest BCUT2D eigenvalue weighted by Gasteiger charge is 2.19. The zero-order valence-corrected chi connectivity index (χ0v) is 15.5. The van der Waals surface area contributed by atoms with E-state index in [9.17, 15) is 18.0 Å². The maximum atomic E-state index is 12.3. The summed E-state index contributed by atoms with van der Waals surface area (Å²) in [7, 11) is -3.71. The minimum absolute atomic E-state index is 0.116. The van der Waals surface area contributed by atoms with E-state index in [1.807, 2.05) is 6.07 Å². The molecule has 138 valence electrons. The van der Waals surface area contributed by atoms with Crippen molar-refractivity contribution < 1.29 is 22.7 Å². The van der Waals surface area contributed by atoms with Crippen LogP contribution >= 0.6 is 0 Å². The summed E-state index contributed by atoms with van der Waals surface area (Å²) in [4.78, 5) is 23.5. The van der Waals surface area contributed by atoms with Crippen molar-refractivity contribution in [2.75, 3.05) is 13.1 Å². The van der Waals surface area contributed by atoms with Gasteiger partial charge < -0.3 is 10.1 Å². The van der Waals surface area contributed by atoms with Crippen molar-refractivity contribution in [3.05, 3.63) is 42.0 Å². The maximum Gasteiger partial charge on any atom is 0.307 e. The first kappa shape index (κ1) is 20.9. The van der Waals surface area contributed by atoms with Crippen molar-refractivity contribution >= 4 is 21.9 Å². The number of hydrogen-bond acceptors (Lipinski definition) is 5. The van der Waals surface area contributed by atoms with Gasteiger partial charge in [-0.1, -0.05) is 18.2 Å². The second kappa shape index (κ2) is 9.33. The van der Waals surface area contributed by atoms with Crippen molar-refractivity contribution in [1.82, 2.24) is 10.0 Å². The van der Waals surface area contributed by atoms with E-state index in [-0.39, 0.29) is 24.4 Å². The molecule has 1 aromatic carbocycles. The summed E-state index contributed by atoms with van der Waals surface area (Å²) >= 11 is 0. The van der Waals surface area contributed by atoms with Crippen LogP contribution in [0.1, 0.15) is 24.5 Å². The van der Waals surface area contributed by atoms with Gasteiger partial charge in [-0.3, -0.25) is 9.59 Å². The van der Waals surface area contributed by atoms with E-state index in [2.05, 4.69) is 16.6 Å².